The molecule has 2 aromatic heterocycles. The predicted octanol–water partition coefficient (Wildman–Crippen LogP) is 3.85. The molecule has 0 aliphatic rings. The average molecular weight is 339 g/mol. The van der Waals surface area contributed by atoms with Crippen molar-refractivity contribution in [1.29, 1.82) is 0 Å². The van der Waals surface area contributed by atoms with E-state index < -0.39 is 0 Å². The van der Waals surface area contributed by atoms with Crippen molar-refractivity contribution in [3.8, 4) is 22.8 Å². The third-order valence-corrected chi connectivity index (χ3v) is 4.45. The molecule has 0 aliphatic carbocycles. The Balaban J connectivity index is 1.72. The van der Waals surface area contributed by atoms with Crippen LogP contribution in [0.25, 0.3) is 11.3 Å². The van der Waals surface area contributed by atoms with Crippen molar-refractivity contribution in [1.82, 2.24) is 15.2 Å². The van der Waals surface area contributed by atoms with Gasteiger partial charge in [0.1, 0.15) is 5.03 Å². The number of methoxy groups -OCH3 is 2. The molecule has 0 amide bonds. The number of rotatable bonds is 6. The van der Waals surface area contributed by atoms with Crippen LogP contribution in [0, 0.1) is 0 Å². The van der Waals surface area contributed by atoms with E-state index in [1.165, 1.54) is 5.56 Å². The van der Waals surface area contributed by atoms with Gasteiger partial charge in [-0.3, -0.25) is 4.98 Å². The summed E-state index contributed by atoms with van der Waals surface area (Å²) < 4.78 is 10.6. The summed E-state index contributed by atoms with van der Waals surface area (Å²) in [6, 6.07) is 13.6. The van der Waals surface area contributed by atoms with Crippen LogP contribution in [0.15, 0.2) is 59.9 Å². The van der Waals surface area contributed by atoms with Crippen LogP contribution in [0.3, 0.4) is 0 Å². The highest BCUT2D eigenvalue weighted by molar-refractivity contribution is 7.98. The summed E-state index contributed by atoms with van der Waals surface area (Å²) in [5, 5.41) is 9.49. The number of thioether (sulfide) groups is 1. The fourth-order valence-corrected chi connectivity index (χ4v) is 2.95. The number of benzene rings is 1. The molecule has 5 nitrogen and oxygen atoms in total. The highest BCUT2D eigenvalue weighted by atomic mass is 32.2. The Morgan fingerprint density at radius 2 is 1.67 bits per heavy atom. The van der Waals surface area contributed by atoms with Crippen molar-refractivity contribution >= 4 is 11.8 Å². The molecule has 0 atom stereocenters. The van der Waals surface area contributed by atoms with Crippen molar-refractivity contribution in [2.75, 3.05) is 14.2 Å². The van der Waals surface area contributed by atoms with Gasteiger partial charge in [0, 0.05) is 23.7 Å². The van der Waals surface area contributed by atoms with Gasteiger partial charge in [0.05, 0.1) is 19.9 Å². The summed E-state index contributed by atoms with van der Waals surface area (Å²) in [6.45, 7) is 0. The van der Waals surface area contributed by atoms with Gasteiger partial charge in [0.2, 0.25) is 0 Å². The molecule has 0 radical (unpaired) electrons. The molecule has 122 valence electrons. The van der Waals surface area contributed by atoms with Crippen molar-refractivity contribution in [3.05, 3.63) is 60.4 Å². The van der Waals surface area contributed by atoms with Crippen molar-refractivity contribution in [2.24, 2.45) is 0 Å². The van der Waals surface area contributed by atoms with Crippen LogP contribution in [0.5, 0.6) is 11.5 Å². The molecule has 0 N–H and O–H groups in total. The molecule has 0 fully saturated rings. The second-order valence-electron chi connectivity index (χ2n) is 4.97. The van der Waals surface area contributed by atoms with E-state index in [4.69, 9.17) is 9.47 Å². The van der Waals surface area contributed by atoms with Crippen molar-refractivity contribution in [3.63, 3.8) is 0 Å². The third-order valence-electron chi connectivity index (χ3n) is 3.46. The Hall–Kier alpha value is -2.60. The fourth-order valence-electron chi connectivity index (χ4n) is 2.18. The van der Waals surface area contributed by atoms with Gasteiger partial charge in [0.25, 0.3) is 0 Å². The Bertz CT molecular complexity index is 795. The lowest BCUT2D eigenvalue weighted by Crippen LogP contribution is -1.93. The van der Waals surface area contributed by atoms with E-state index in [9.17, 15) is 0 Å². The van der Waals surface area contributed by atoms with E-state index in [1.54, 1.807) is 38.4 Å². The first-order valence-corrected chi connectivity index (χ1v) is 8.36. The molecule has 24 heavy (non-hydrogen) atoms. The van der Waals surface area contributed by atoms with Crippen LogP contribution in [-0.4, -0.2) is 29.4 Å². The summed E-state index contributed by atoms with van der Waals surface area (Å²) in [6.07, 6.45) is 3.59. The Kier molecular flexibility index (Phi) is 5.28. The van der Waals surface area contributed by atoms with E-state index in [-0.39, 0.29) is 0 Å². The van der Waals surface area contributed by atoms with E-state index in [0.717, 1.165) is 22.0 Å². The maximum atomic E-state index is 5.33. The zero-order valence-corrected chi connectivity index (χ0v) is 14.3. The quantitative estimate of drug-likeness (QED) is 0.636. The van der Waals surface area contributed by atoms with Crippen LogP contribution in [0.4, 0.5) is 0 Å². The van der Waals surface area contributed by atoms with E-state index in [2.05, 4.69) is 15.2 Å². The van der Waals surface area contributed by atoms with Crippen molar-refractivity contribution < 1.29 is 9.47 Å². The van der Waals surface area contributed by atoms with Crippen LogP contribution in [-0.2, 0) is 5.75 Å². The highest BCUT2D eigenvalue weighted by Gasteiger charge is 2.08. The molecule has 0 aliphatic heterocycles. The molecule has 0 saturated heterocycles. The van der Waals surface area contributed by atoms with Crippen molar-refractivity contribution in [2.45, 2.75) is 10.8 Å². The monoisotopic (exact) mass is 339 g/mol. The molecule has 3 aromatic rings. The highest BCUT2D eigenvalue weighted by Crippen LogP contribution is 2.31. The summed E-state index contributed by atoms with van der Waals surface area (Å²) in [5.41, 5.74) is 2.94. The van der Waals surface area contributed by atoms with Crippen LogP contribution in [0.1, 0.15) is 5.56 Å². The predicted molar refractivity (Wildman–Crippen MR) is 94.4 cm³/mol. The van der Waals surface area contributed by atoms with E-state index in [1.807, 2.05) is 42.5 Å². The van der Waals surface area contributed by atoms with Crippen LogP contribution < -0.4 is 9.47 Å². The van der Waals surface area contributed by atoms with Gasteiger partial charge in [-0.15, -0.1) is 10.2 Å². The largest absolute Gasteiger partial charge is 0.493 e. The van der Waals surface area contributed by atoms with Gasteiger partial charge in [0.15, 0.2) is 11.5 Å². The fraction of sp³-hybridized carbons (Fsp3) is 0.167. The average Bonchev–Trinajstić information content (AvgIpc) is 2.67. The SMILES string of the molecule is COc1ccc(-c2ccc(SCc3ccncc3)nn2)cc1OC. The smallest absolute Gasteiger partial charge is 0.161 e. The molecule has 6 heteroatoms. The lowest BCUT2D eigenvalue weighted by atomic mass is 10.1. The number of nitrogens with zero attached hydrogens (tertiary/aromatic N) is 3. The Labute approximate surface area is 145 Å². The molecule has 0 spiro atoms. The van der Waals surface area contributed by atoms with Gasteiger partial charge in [-0.1, -0.05) is 11.8 Å². The molecule has 3 rings (SSSR count). The number of pyridine rings is 1. The van der Waals surface area contributed by atoms with Crippen LogP contribution in [0.2, 0.25) is 0 Å². The maximum absolute atomic E-state index is 5.33. The number of hydrogen-bond donors (Lipinski definition) is 0. The molecule has 0 unspecified atom stereocenters. The molecular weight excluding hydrogens is 322 g/mol. The Morgan fingerprint density at radius 1 is 0.875 bits per heavy atom. The lowest BCUT2D eigenvalue weighted by Gasteiger charge is -2.09. The van der Waals surface area contributed by atoms with E-state index in [0.29, 0.717) is 11.5 Å². The first kappa shape index (κ1) is 16.3. The standard InChI is InChI=1S/C18H17N3O2S/c1-22-16-5-3-14(11-17(16)23-2)15-4-6-18(21-20-15)24-12-13-7-9-19-10-8-13/h3-11H,12H2,1-2H3. The lowest BCUT2D eigenvalue weighted by molar-refractivity contribution is 0.355. The summed E-state index contributed by atoms with van der Waals surface area (Å²) >= 11 is 1.65. The second kappa shape index (κ2) is 7.79. The zero-order valence-electron chi connectivity index (χ0n) is 13.5. The zero-order chi connectivity index (χ0) is 16.8. The van der Waals surface area contributed by atoms with Crippen LogP contribution >= 0.6 is 11.8 Å². The minimum absolute atomic E-state index is 0.674. The van der Waals surface area contributed by atoms with Gasteiger partial charge in [-0.25, -0.2) is 0 Å². The first-order chi connectivity index (χ1) is 11.8. The van der Waals surface area contributed by atoms with Gasteiger partial charge < -0.3 is 9.47 Å². The molecule has 1 aromatic carbocycles. The van der Waals surface area contributed by atoms with Gasteiger partial charge in [-0.2, -0.15) is 0 Å². The third kappa shape index (κ3) is 3.83. The topological polar surface area (TPSA) is 57.1 Å². The normalized spacial score (nSPS) is 10.4. The first-order valence-electron chi connectivity index (χ1n) is 7.38. The number of hydrogen-bond acceptors (Lipinski definition) is 6. The van der Waals surface area contributed by atoms with E-state index >= 15 is 0 Å². The Morgan fingerprint density at radius 3 is 2.33 bits per heavy atom. The number of ether oxygens (including phenoxy) is 2. The second-order valence-corrected chi connectivity index (χ2v) is 5.97. The molecule has 0 bridgehead atoms. The van der Waals surface area contributed by atoms with Gasteiger partial charge in [-0.05, 0) is 48.0 Å². The minimum Gasteiger partial charge on any atom is -0.493 e. The summed E-state index contributed by atoms with van der Waals surface area (Å²) in [5.74, 6) is 2.21. The summed E-state index contributed by atoms with van der Waals surface area (Å²) in [4.78, 5) is 4.02. The maximum Gasteiger partial charge on any atom is 0.161 e. The summed E-state index contributed by atoms with van der Waals surface area (Å²) in [7, 11) is 3.23. The molecule has 2 heterocycles. The minimum atomic E-state index is 0.674. The number of aromatic nitrogens is 3. The molecular formula is C18H17N3O2S. The molecule has 0 saturated carbocycles. The van der Waals surface area contributed by atoms with Gasteiger partial charge >= 0.3 is 0 Å².